The van der Waals surface area contributed by atoms with E-state index in [1.807, 2.05) is 16.4 Å². The Morgan fingerprint density at radius 1 is 1.33 bits per heavy atom. The smallest absolute Gasteiger partial charge is 0.308 e. The summed E-state index contributed by atoms with van der Waals surface area (Å²) in [4.78, 5) is 14.8. The molecule has 0 unspecified atom stereocenters. The number of amides is 2. The Morgan fingerprint density at radius 3 is 2.81 bits per heavy atom. The maximum Gasteiger partial charge on any atom is 0.324 e. The predicted molar refractivity (Wildman–Crippen MR) is 109 cm³/mol. The van der Waals surface area contributed by atoms with Crippen molar-refractivity contribution in [3.8, 4) is 0 Å². The molecule has 1 atom stereocenters. The van der Waals surface area contributed by atoms with Crippen LogP contribution in [-0.2, 0) is 0 Å². The van der Waals surface area contributed by atoms with E-state index < -0.39 is 6.03 Å². The molecule has 2 aromatic rings. The van der Waals surface area contributed by atoms with E-state index in [4.69, 9.17) is 0 Å². The summed E-state index contributed by atoms with van der Waals surface area (Å²) in [5, 5.41) is 9.88. The Kier molecular flexibility index (Phi) is 6.73. The van der Waals surface area contributed by atoms with Gasteiger partial charge in [-0.15, -0.1) is 0 Å². The first-order valence-corrected chi connectivity index (χ1v) is 10.6. The van der Waals surface area contributed by atoms with Crippen LogP contribution in [0, 0.1) is 5.82 Å². The number of benzene rings is 1. The standard InChI is InChI=1S/C19H26FN5OS/c1-14(13-27-2)24-10-7-17(8-11-24)25-18(6-9-21-25)23-19(26)22-16-5-3-4-15(20)12-16/h3-6,9,12,14,17H,7-8,10-11,13H2,1-2H3,(H2,22,23,26)/t14-/m0/s1. The van der Waals surface area contributed by atoms with E-state index in [1.54, 1.807) is 24.4 Å². The Hall–Kier alpha value is -2.06. The van der Waals surface area contributed by atoms with Crippen molar-refractivity contribution >= 4 is 29.3 Å². The molecule has 0 bridgehead atoms. The van der Waals surface area contributed by atoms with E-state index in [2.05, 4.69) is 33.8 Å². The molecule has 6 nitrogen and oxygen atoms in total. The van der Waals surface area contributed by atoms with Crippen LogP contribution in [0.4, 0.5) is 20.7 Å². The van der Waals surface area contributed by atoms with Crippen LogP contribution >= 0.6 is 11.8 Å². The zero-order valence-electron chi connectivity index (χ0n) is 15.7. The minimum Gasteiger partial charge on any atom is -0.308 e. The number of piperidine rings is 1. The van der Waals surface area contributed by atoms with E-state index in [0.717, 1.165) is 31.7 Å². The van der Waals surface area contributed by atoms with Crippen molar-refractivity contribution in [3.05, 3.63) is 42.3 Å². The third-order valence-electron chi connectivity index (χ3n) is 4.87. The lowest BCUT2D eigenvalue weighted by Gasteiger charge is -2.36. The molecule has 0 saturated carbocycles. The van der Waals surface area contributed by atoms with Gasteiger partial charge in [0.1, 0.15) is 11.6 Å². The molecule has 146 valence electrons. The molecule has 3 rings (SSSR count). The van der Waals surface area contributed by atoms with E-state index in [-0.39, 0.29) is 11.9 Å². The fourth-order valence-electron chi connectivity index (χ4n) is 3.47. The number of anilines is 2. The molecule has 2 N–H and O–H groups in total. The third-order valence-corrected chi connectivity index (χ3v) is 5.69. The fraction of sp³-hybridized carbons (Fsp3) is 0.474. The minimum atomic E-state index is -0.409. The number of nitrogens with one attached hydrogen (secondary N) is 2. The van der Waals surface area contributed by atoms with Crippen LogP contribution in [0.1, 0.15) is 25.8 Å². The summed E-state index contributed by atoms with van der Waals surface area (Å²) < 4.78 is 15.1. The minimum absolute atomic E-state index is 0.266. The zero-order chi connectivity index (χ0) is 19.2. The molecule has 1 aliphatic heterocycles. The third kappa shape index (κ3) is 5.23. The second-order valence-corrected chi connectivity index (χ2v) is 7.73. The molecule has 1 saturated heterocycles. The predicted octanol–water partition coefficient (Wildman–Crippen LogP) is 4.05. The van der Waals surface area contributed by atoms with Crippen molar-refractivity contribution in [2.75, 3.05) is 35.7 Å². The van der Waals surface area contributed by atoms with Crippen LogP contribution in [0.5, 0.6) is 0 Å². The number of carbonyl (C=O) groups excluding carboxylic acids is 1. The normalized spacial score (nSPS) is 16.9. The van der Waals surface area contributed by atoms with Gasteiger partial charge in [-0.3, -0.25) is 10.2 Å². The van der Waals surface area contributed by atoms with Gasteiger partial charge in [-0.25, -0.2) is 13.9 Å². The van der Waals surface area contributed by atoms with Gasteiger partial charge in [0, 0.05) is 36.6 Å². The van der Waals surface area contributed by atoms with Gasteiger partial charge < -0.3 is 5.32 Å². The monoisotopic (exact) mass is 391 g/mol. The Labute approximate surface area is 163 Å². The maximum absolute atomic E-state index is 13.2. The van der Waals surface area contributed by atoms with Crippen molar-refractivity contribution in [1.29, 1.82) is 0 Å². The van der Waals surface area contributed by atoms with Crippen molar-refractivity contribution < 1.29 is 9.18 Å². The molecule has 0 radical (unpaired) electrons. The largest absolute Gasteiger partial charge is 0.324 e. The second-order valence-electron chi connectivity index (χ2n) is 6.82. The molecule has 1 fully saturated rings. The molecule has 1 aliphatic rings. The van der Waals surface area contributed by atoms with Crippen LogP contribution < -0.4 is 10.6 Å². The lowest BCUT2D eigenvalue weighted by atomic mass is 10.0. The number of nitrogens with zero attached hydrogens (tertiary/aromatic N) is 3. The summed E-state index contributed by atoms with van der Waals surface area (Å²) in [6, 6.07) is 8.04. The van der Waals surface area contributed by atoms with Crippen molar-refractivity contribution in [3.63, 3.8) is 0 Å². The first kappa shape index (κ1) is 19.7. The number of hydrogen-bond donors (Lipinski definition) is 2. The first-order chi connectivity index (χ1) is 13.1. The molecule has 2 amide bonds. The molecule has 1 aromatic carbocycles. The van der Waals surface area contributed by atoms with Gasteiger partial charge in [-0.1, -0.05) is 6.07 Å². The number of urea groups is 1. The summed E-state index contributed by atoms with van der Waals surface area (Å²) in [5.41, 5.74) is 0.412. The summed E-state index contributed by atoms with van der Waals surface area (Å²) >= 11 is 1.88. The number of hydrogen-bond acceptors (Lipinski definition) is 4. The first-order valence-electron chi connectivity index (χ1n) is 9.17. The van der Waals surface area contributed by atoms with E-state index in [0.29, 0.717) is 17.5 Å². The number of carbonyl (C=O) groups is 1. The van der Waals surface area contributed by atoms with Crippen molar-refractivity contribution in [2.45, 2.75) is 31.8 Å². The average Bonchev–Trinajstić information content (AvgIpc) is 3.10. The highest BCUT2D eigenvalue weighted by Gasteiger charge is 2.25. The van der Waals surface area contributed by atoms with Crippen LogP contribution in [-0.4, -0.2) is 51.9 Å². The highest BCUT2D eigenvalue weighted by Crippen LogP contribution is 2.27. The second kappa shape index (κ2) is 9.23. The highest BCUT2D eigenvalue weighted by molar-refractivity contribution is 7.98. The summed E-state index contributed by atoms with van der Waals surface area (Å²) in [6.45, 7) is 4.33. The lowest BCUT2D eigenvalue weighted by molar-refractivity contribution is 0.150. The fourth-order valence-corrected chi connectivity index (χ4v) is 4.16. The number of likely N-dealkylation sites (tertiary alicyclic amines) is 1. The molecule has 27 heavy (non-hydrogen) atoms. The Bertz CT molecular complexity index is 760. The van der Waals surface area contributed by atoms with Crippen molar-refractivity contribution in [1.82, 2.24) is 14.7 Å². The Balaban J connectivity index is 1.57. The van der Waals surface area contributed by atoms with E-state index in [9.17, 15) is 9.18 Å². The van der Waals surface area contributed by atoms with Gasteiger partial charge >= 0.3 is 6.03 Å². The molecule has 8 heteroatoms. The summed E-state index contributed by atoms with van der Waals surface area (Å²) in [5.74, 6) is 1.40. The number of aromatic nitrogens is 2. The van der Waals surface area contributed by atoms with E-state index >= 15 is 0 Å². The van der Waals surface area contributed by atoms with E-state index in [1.165, 1.54) is 12.1 Å². The van der Waals surface area contributed by atoms with Gasteiger partial charge in [0.25, 0.3) is 0 Å². The number of thioether (sulfide) groups is 1. The molecule has 0 aliphatic carbocycles. The summed E-state index contributed by atoms with van der Waals surface area (Å²) in [6.07, 6.45) is 5.83. The van der Waals surface area contributed by atoms with Gasteiger partial charge in [0.05, 0.1) is 12.2 Å². The van der Waals surface area contributed by atoms with Crippen molar-refractivity contribution in [2.24, 2.45) is 0 Å². The van der Waals surface area contributed by atoms with Crippen LogP contribution in [0.3, 0.4) is 0 Å². The van der Waals surface area contributed by atoms with Crippen LogP contribution in [0.2, 0.25) is 0 Å². The maximum atomic E-state index is 13.2. The summed E-state index contributed by atoms with van der Waals surface area (Å²) in [7, 11) is 0. The van der Waals surface area contributed by atoms with Gasteiger partial charge in [0.15, 0.2) is 0 Å². The van der Waals surface area contributed by atoms with Crippen LogP contribution in [0.25, 0.3) is 0 Å². The molecular formula is C19H26FN5OS. The molecule has 2 heterocycles. The average molecular weight is 392 g/mol. The zero-order valence-corrected chi connectivity index (χ0v) is 16.5. The topological polar surface area (TPSA) is 62.2 Å². The number of rotatable bonds is 6. The molecule has 1 aromatic heterocycles. The van der Waals surface area contributed by atoms with Crippen LogP contribution in [0.15, 0.2) is 36.5 Å². The molecule has 0 spiro atoms. The van der Waals surface area contributed by atoms with Gasteiger partial charge in [-0.2, -0.15) is 16.9 Å². The SMILES string of the molecule is CSC[C@H](C)N1CCC(n2nccc2NC(=O)Nc2cccc(F)c2)CC1. The highest BCUT2D eigenvalue weighted by atomic mass is 32.2. The lowest BCUT2D eigenvalue weighted by Crippen LogP contribution is -2.41. The Morgan fingerprint density at radius 2 is 2.11 bits per heavy atom. The quantitative estimate of drug-likeness (QED) is 0.780. The van der Waals surface area contributed by atoms with Gasteiger partial charge in [0.2, 0.25) is 0 Å². The van der Waals surface area contributed by atoms with Gasteiger partial charge in [-0.05, 0) is 44.2 Å². The number of halogens is 1. The molecular weight excluding hydrogens is 365 g/mol.